The summed E-state index contributed by atoms with van der Waals surface area (Å²) in [6.45, 7) is 16.2. The van der Waals surface area contributed by atoms with E-state index < -0.39 is 5.63 Å². The van der Waals surface area contributed by atoms with Crippen molar-refractivity contribution in [1.29, 1.82) is 0 Å². The molecule has 0 spiro atoms. The summed E-state index contributed by atoms with van der Waals surface area (Å²) in [7, 11) is 0. The van der Waals surface area contributed by atoms with Crippen molar-refractivity contribution in [1.82, 2.24) is 15.0 Å². The van der Waals surface area contributed by atoms with Crippen LogP contribution in [0.3, 0.4) is 0 Å². The van der Waals surface area contributed by atoms with E-state index in [1.165, 1.54) is 0 Å². The maximum atomic E-state index is 13.1. The van der Waals surface area contributed by atoms with E-state index >= 15 is 0 Å². The number of hydrogen-bond donors (Lipinski definition) is 0. The molecular weight excluding hydrogens is 630 g/mol. The molecule has 5 rings (SSSR count). The Hall–Kier alpha value is -4.01. The zero-order valence-electron chi connectivity index (χ0n) is 29.1. The van der Waals surface area contributed by atoms with Crippen LogP contribution in [0, 0.1) is 0 Å². The van der Waals surface area contributed by atoms with Crippen LogP contribution in [-0.4, -0.2) is 113 Å². The Morgan fingerprint density at radius 3 is 2.00 bits per heavy atom. The van der Waals surface area contributed by atoms with Gasteiger partial charge in [0, 0.05) is 49.4 Å². The van der Waals surface area contributed by atoms with E-state index in [-0.39, 0.29) is 6.10 Å². The molecule has 2 aromatic heterocycles. The van der Waals surface area contributed by atoms with Crippen molar-refractivity contribution in [2.75, 3.05) is 102 Å². The fourth-order valence-corrected chi connectivity index (χ4v) is 5.52. The first-order valence-corrected chi connectivity index (χ1v) is 17.2. The first kappa shape index (κ1) is 36.3. The molecule has 1 fully saturated rings. The molecule has 0 bridgehead atoms. The molecule has 1 saturated heterocycles. The molecule has 4 aromatic rings. The molecule has 1 aliphatic rings. The second-order valence-electron chi connectivity index (χ2n) is 11.8. The molecule has 0 aliphatic carbocycles. The Labute approximate surface area is 287 Å². The van der Waals surface area contributed by atoms with Crippen LogP contribution in [0.15, 0.2) is 57.9 Å². The third-order valence-electron chi connectivity index (χ3n) is 8.03. The van der Waals surface area contributed by atoms with Crippen molar-refractivity contribution in [3.8, 4) is 22.7 Å². The lowest BCUT2D eigenvalue weighted by Crippen LogP contribution is -2.32. The summed E-state index contributed by atoms with van der Waals surface area (Å²) >= 11 is 0. The van der Waals surface area contributed by atoms with E-state index in [1.54, 1.807) is 10.9 Å². The van der Waals surface area contributed by atoms with Crippen molar-refractivity contribution in [3.05, 3.63) is 59.1 Å². The van der Waals surface area contributed by atoms with Crippen LogP contribution >= 0.6 is 0 Å². The largest absolute Gasteiger partial charge is 0.489 e. The summed E-state index contributed by atoms with van der Waals surface area (Å²) in [6.07, 6.45) is 1.65. The monoisotopic (exact) mass is 679 g/mol. The minimum absolute atomic E-state index is 0.0732. The predicted octanol–water partition coefficient (Wildman–Crippen LogP) is 4.58. The van der Waals surface area contributed by atoms with Crippen molar-refractivity contribution in [2.45, 2.75) is 33.8 Å². The summed E-state index contributed by atoms with van der Waals surface area (Å²) in [5.41, 5.74) is 3.48. The van der Waals surface area contributed by atoms with Crippen molar-refractivity contribution >= 4 is 22.3 Å². The second kappa shape index (κ2) is 18.7. The topological polar surface area (TPSA) is 123 Å². The Kier molecular flexibility index (Phi) is 13.8. The predicted molar refractivity (Wildman–Crippen MR) is 188 cm³/mol. The molecule has 0 atom stereocenters. The SMILES string of the molecule is CCN(CC)c1ccc2cc(-c3cn(-c4ccc(N5CCOCCOCCOCCOCCOCC5)c(OC(C)C)c4)nn3)c(=O)oc2c1. The average Bonchev–Trinajstić information content (AvgIpc) is 3.58. The van der Waals surface area contributed by atoms with Crippen LogP contribution in [0.25, 0.3) is 27.9 Å². The van der Waals surface area contributed by atoms with Gasteiger partial charge >= 0.3 is 5.63 Å². The molecule has 13 nitrogen and oxygen atoms in total. The Bertz CT molecular complexity index is 1640. The molecule has 3 heterocycles. The summed E-state index contributed by atoms with van der Waals surface area (Å²) in [4.78, 5) is 17.5. The van der Waals surface area contributed by atoms with Gasteiger partial charge < -0.3 is 42.6 Å². The molecule has 0 amide bonds. The third kappa shape index (κ3) is 10.2. The highest BCUT2D eigenvalue weighted by atomic mass is 16.6. The number of rotatable bonds is 8. The van der Waals surface area contributed by atoms with Gasteiger partial charge in [-0.05, 0) is 58.0 Å². The summed E-state index contributed by atoms with van der Waals surface area (Å²) < 4.78 is 42.2. The molecule has 0 unspecified atom stereocenters. The summed E-state index contributed by atoms with van der Waals surface area (Å²) in [5, 5.41) is 9.51. The van der Waals surface area contributed by atoms with Gasteiger partial charge in [-0.2, -0.15) is 0 Å². The third-order valence-corrected chi connectivity index (χ3v) is 8.03. The number of nitrogens with zero attached hydrogens (tertiary/aromatic N) is 5. The van der Waals surface area contributed by atoms with E-state index in [0.717, 1.165) is 35.5 Å². The molecule has 49 heavy (non-hydrogen) atoms. The van der Waals surface area contributed by atoms with E-state index in [4.69, 9.17) is 32.8 Å². The number of ether oxygens (including phenoxy) is 6. The number of fused-ring (bicyclic) bond motifs is 1. The molecule has 0 N–H and O–H groups in total. The maximum absolute atomic E-state index is 13.1. The van der Waals surface area contributed by atoms with E-state index in [1.807, 2.05) is 56.3 Å². The minimum atomic E-state index is -0.467. The van der Waals surface area contributed by atoms with Crippen LogP contribution in [0.2, 0.25) is 0 Å². The maximum Gasteiger partial charge on any atom is 0.345 e. The molecule has 1 aliphatic heterocycles. The van der Waals surface area contributed by atoms with E-state index in [2.05, 4.69) is 34.0 Å². The zero-order valence-corrected chi connectivity index (χ0v) is 29.1. The highest BCUT2D eigenvalue weighted by Crippen LogP contribution is 2.32. The van der Waals surface area contributed by atoms with Gasteiger partial charge in [0.2, 0.25) is 0 Å². The number of hydrogen-bond acceptors (Lipinski definition) is 12. The van der Waals surface area contributed by atoms with Crippen LogP contribution in [0.5, 0.6) is 5.75 Å². The highest BCUT2D eigenvalue weighted by Gasteiger charge is 2.18. The second-order valence-corrected chi connectivity index (χ2v) is 11.8. The van der Waals surface area contributed by atoms with E-state index in [0.29, 0.717) is 102 Å². The number of benzene rings is 2. The fourth-order valence-electron chi connectivity index (χ4n) is 5.52. The average molecular weight is 680 g/mol. The van der Waals surface area contributed by atoms with Crippen molar-refractivity contribution < 1.29 is 32.8 Å². The van der Waals surface area contributed by atoms with Crippen LogP contribution in [-0.2, 0) is 23.7 Å². The van der Waals surface area contributed by atoms with Gasteiger partial charge in [-0.1, -0.05) is 5.21 Å². The molecule has 266 valence electrons. The van der Waals surface area contributed by atoms with Crippen molar-refractivity contribution in [2.24, 2.45) is 0 Å². The lowest BCUT2D eigenvalue weighted by molar-refractivity contribution is -0.0116. The minimum Gasteiger partial charge on any atom is -0.489 e. The smallest absolute Gasteiger partial charge is 0.345 e. The number of aromatic nitrogens is 3. The molecule has 13 heteroatoms. The Balaban J connectivity index is 1.35. The van der Waals surface area contributed by atoms with Gasteiger partial charge in [-0.25, -0.2) is 9.48 Å². The molecule has 0 saturated carbocycles. The Morgan fingerprint density at radius 2 is 1.41 bits per heavy atom. The van der Waals surface area contributed by atoms with Gasteiger partial charge in [0.05, 0.1) is 95.3 Å². The van der Waals surface area contributed by atoms with Gasteiger partial charge in [0.15, 0.2) is 0 Å². The molecular formula is C36H49N5O8. The zero-order chi connectivity index (χ0) is 34.4. The lowest BCUT2D eigenvalue weighted by Gasteiger charge is -2.28. The quantitative estimate of drug-likeness (QED) is 0.242. The van der Waals surface area contributed by atoms with Crippen LogP contribution in [0.4, 0.5) is 11.4 Å². The highest BCUT2D eigenvalue weighted by molar-refractivity contribution is 5.84. The standard InChI is InChI=1S/C36H49N5O8/c1-5-39(6-2)29-8-7-28-23-31(36(42)49-34(28)24-29)32-26-41(38-37-32)30-9-10-33(35(25-30)48-27(3)4)40-11-13-43-15-17-45-19-21-47-22-20-46-18-16-44-14-12-40/h7-10,23-27H,5-6,11-22H2,1-4H3. The molecule has 0 radical (unpaired) electrons. The van der Waals surface area contributed by atoms with Gasteiger partial charge in [-0.15, -0.1) is 5.10 Å². The first-order chi connectivity index (χ1) is 24.0. The van der Waals surface area contributed by atoms with Crippen molar-refractivity contribution in [3.63, 3.8) is 0 Å². The van der Waals surface area contributed by atoms with Crippen LogP contribution in [0.1, 0.15) is 27.7 Å². The van der Waals surface area contributed by atoms with E-state index in [9.17, 15) is 4.79 Å². The Morgan fingerprint density at radius 1 is 0.796 bits per heavy atom. The van der Waals surface area contributed by atoms with Gasteiger partial charge in [-0.3, -0.25) is 0 Å². The number of anilines is 2. The first-order valence-electron chi connectivity index (χ1n) is 17.2. The summed E-state index contributed by atoms with van der Waals surface area (Å²) in [5.74, 6) is 0.688. The van der Waals surface area contributed by atoms with Crippen LogP contribution < -0.4 is 20.2 Å². The van der Waals surface area contributed by atoms with Gasteiger partial charge in [0.25, 0.3) is 0 Å². The van der Waals surface area contributed by atoms with Gasteiger partial charge in [0.1, 0.15) is 17.0 Å². The fraction of sp³-hybridized carbons (Fsp3) is 0.528. The molecule has 2 aromatic carbocycles. The normalized spacial score (nSPS) is 16.4. The lowest BCUT2D eigenvalue weighted by atomic mass is 10.1. The summed E-state index contributed by atoms with van der Waals surface area (Å²) in [6, 6.07) is 13.6.